The molecule has 2 saturated heterocycles. The third-order valence-corrected chi connectivity index (χ3v) is 4.22. The van der Waals surface area contributed by atoms with E-state index in [1.54, 1.807) is 0 Å². The van der Waals surface area contributed by atoms with Crippen LogP contribution in [0.2, 0.25) is 0 Å². The number of ether oxygens (including phenoxy) is 3. The van der Waals surface area contributed by atoms with Gasteiger partial charge in [0.25, 0.3) is 0 Å². The zero-order valence-corrected chi connectivity index (χ0v) is 12.0. The lowest BCUT2D eigenvalue weighted by Crippen LogP contribution is -2.44. The lowest BCUT2D eigenvalue weighted by molar-refractivity contribution is -0.112. The highest BCUT2D eigenvalue weighted by Gasteiger charge is 2.41. The summed E-state index contributed by atoms with van der Waals surface area (Å²) in [6.07, 6.45) is 2.99. The van der Waals surface area contributed by atoms with Gasteiger partial charge >= 0.3 is 0 Å². The molecule has 2 aliphatic heterocycles. The standard InChI is InChI=1S/C16H23NO3/c1-12(17)14-4-2-3-5-15(14)20-13-6-8-19-16(10-13)7-9-18-11-16/h2-5,12-13H,6-11,17H2,1H3. The molecule has 1 aromatic carbocycles. The molecule has 1 aromatic rings. The quantitative estimate of drug-likeness (QED) is 0.922. The Hall–Kier alpha value is -1.10. The molecule has 3 rings (SSSR count). The van der Waals surface area contributed by atoms with Crippen LogP contribution < -0.4 is 10.5 Å². The molecular formula is C16H23NO3. The van der Waals surface area contributed by atoms with E-state index in [2.05, 4.69) is 0 Å². The average molecular weight is 277 g/mol. The molecule has 0 amide bonds. The molecule has 3 unspecified atom stereocenters. The van der Waals surface area contributed by atoms with E-state index in [-0.39, 0.29) is 17.7 Å². The average Bonchev–Trinajstić information content (AvgIpc) is 2.87. The van der Waals surface area contributed by atoms with Crippen molar-refractivity contribution in [1.82, 2.24) is 0 Å². The van der Waals surface area contributed by atoms with Crippen LogP contribution in [0.25, 0.3) is 0 Å². The highest BCUT2D eigenvalue weighted by Crippen LogP contribution is 2.35. The summed E-state index contributed by atoms with van der Waals surface area (Å²) in [7, 11) is 0. The Kier molecular flexibility index (Phi) is 3.96. The van der Waals surface area contributed by atoms with Gasteiger partial charge in [-0.05, 0) is 13.0 Å². The molecule has 3 atom stereocenters. The number of nitrogens with two attached hydrogens (primary N) is 1. The Morgan fingerprint density at radius 3 is 2.95 bits per heavy atom. The van der Waals surface area contributed by atoms with Gasteiger partial charge < -0.3 is 19.9 Å². The second-order valence-electron chi connectivity index (χ2n) is 5.89. The zero-order chi connectivity index (χ0) is 14.0. The van der Waals surface area contributed by atoms with Gasteiger partial charge in [0.1, 0.15) is 11.9 Å². The molecule has 2 fully saturated rings. The minimum absolute atomic E-state index is 0.0187. The molecule has 2 aliphatic rings. The van der Waals surface area contributed by atoms with Gasteiger partial charge in [0.15, 0.2) is 0 Å². The van der Waals surface area contributed by atoms with Crippen LogP contribution in [0, 0.1) is 0 Å². The van der Waals surface area contributed by atoms with Crippen LogP contribution in [0.15, 0.2) is 24.3 Å². The molecular weight excluding hydrogens is 254 g/mol. The second kappa shape index (κ2) is 5.72. The number of hydrogen-bond acceptors (Lipinski definition) is 4. The van der Waals surface area contributed by atoms with Crippen molar-refractivity contribution < 1.29 is 14.2 Å². The highest BCUT2D eigenvalue weighted by molar-refractivity contribution is 5.35. The number of rotatable bonds is 3. The smallest absolute Gasteiger partial charge is 0.124 e. The van der Waals surface area contributed by atoms with Gasteiger partial charge in [-0.15, -0.1) is 0 Å². The highest BCUT2D eigenvalue weighted by atomic mass is 16.6. The fourth-order valence-electron chi connectivity index (χ4n) is 3.09. The maximum absolute atomic E-state index is 6.22. The van der Waals surface area contributed by atoms with Gasteiger partial charge in [-0.25, -0.2) is 0 Å². The van der Waals surface area contributed by atoms with Crippen LogP contribution in [-0.2, 0) is 9.47 Å². The predicted molar refractivity (Wildman–Crippen MR) is 76.8 cm³/mol. The van der Waals surface area contributed by atoms with Crippen molar-refractivity contribution in [3.63, 3.8) is 0 Å². The summed E-state index contributed by atoms with van der Waals surface area (Å²) in [5.74, 6) is 0.906. The van der Waals surface area contributed by atoms with E-state index in [9.17, 15) is 0 Å². The van der Waals surface area contributed by atoms with Gasteiger partial charge in [-0.2, -0.15) is 0 Å². The van der Waals surface area contributed by atoms with E-state index in [0.717, 1.165) is 43.8 Å². The van der Waals surface area contributed by atoms with Gasteiger partial charge in [0.05, 0.1) is 18.8 Å². The molecule has 4 nitrogen and oxygen atoms in total. The first-order valence-corrected chi connectivity index (χ1v) is 7.41. The molecule has 0 aliphatic carbocycles. The molecule has 0 radical (unpaired) electrons. The summed E-state index contributed by atoms with van der Waals surface area (Å²) in [6.45, 7) is 4.22. The third-order valence-electron chi connectivity index (χ3n) is 4.22. The van der Waals surface area contributed by atoms with Crippen molar-refractivity contribution in [2.75, 3.05) is 19.8 Å². The lowest BCUT2D eigenvalue weighted by atomic mass is 9.91. The molecule has 0 bridgehead atoms. The van der Waals surface area contributed by atoms with E-state index in [1.165, 1.54) is 0 Å². The van der Waals surface area contributed by atoms with Crippen LogP contribution in [0.3, 0.4) is 0 Å². The van der Waals surface area contributed by atoms with E-state index in [4.69, 9.17) is 19.9 Å². The largest absolute Gasteiger partial charge is 0.490 e. The third kappa shape index (κ3) is 2.82. The Bertz CT molecular complexity index is 455. The SMILES string of the molecule is CC(N)c1ccccc1OC1CCOC2(CCOC2)C1. The van der Waals surface area contributed by atoms with Crippen LogP contribution in [0.1, 0.15) is 37.8 Å². The minimum atomic E-state index is -0.119. The maximum Gasteiger partial charge on any atom is 0.124 e. The van der Waals surface area contributed by atoms with Crippen molar-refractivity contribution in [2.24, 2.45) is 5.73 Å². The number of hydrogen-bond donors (Lipinski definition) is 1. The molecule has 1 spiro atoms. The first-order chi connectivity index (χ1) is 9.69. The van der Waals surface area contributed by atoms with Gasteiger partial charge in [0, 0.05) is 37.5 Å². The first-order valence-electron chi connectivity index (χ1n) is 7.41. The van der Waals surface area contributed by atoms with Gasteiger partial charge in [-0.1, -0.05) is 18.2 Å². The molecule has 20 heavy (non-hydrogen) atoms. The lowest BCUT2D eigenvalue weighted by Gasteiger charge is -2.37. The van der Waals surface area contributed by atoms with Crippen LogP contribution in [0.5, 0.6) is 5.75 Å². The van der Waals surface area contributed by atoms with E-state index >= 15 is 0 Å². The Morgan fingerprint density at radius 2 is 2.20 bits per heavy atom. The Labute approximate surface area is 120 Å². The molecule has 0 aromatic heterocycles. The zero-order valence-electron chi connectivity index (χ0n) is 12.0. The predicted octanol–water partition coefficient (Wildman–Crippen LogP) is 2.42. The molecule has 4 heteroatoms. The summed E-state index contributed by atoms with van der Waals surface area (Å²) in [5.41, 5.74) is 6.96. The van der Waals surface area contributed by atoms with Crippen molar-refractivity contribution >= 4 is 0 Å². The summed E-state index contributed by atoms with van der Waals surface area (Å²) >= 11 is 0. The second-order valence-corrected chi connectivity index (χ2v) is 5.89. The Morgan fingerprint density at radius 1 is 1.35 bits per heavy atom. The van der Waals surface area contributed by atoms with Crippen molar-refractivity contribution in [2.45, 2.75) is 43.9 Å². The van der Waals surface area contributed by atoms with E-state index in [0.29, 0.717) is 6.61 Å². The Balaban J connectivity index is 1.71. The number of para-hydroxylation sites is 1. The minimum Gasteiger partial charge on any atom is -0.490 e. The molecule has 2 heterocycles. The van der Waals surface area contributed by atoms with E-state index < -0.39 is 0 Å². The first kappa shape index (κ1) is 13.9. The maximum atomic E-state index is 6.22. The van der Waals surface area contributed by atoms with Crippen molar-refractivity contribution in [3.8, 4) is 5.75 Å². The van der Waals surface area contributed by atoms with Gasteiger partial charge in [0.2, 0.25) is 0 Å². The van der Waals surface area contributed by atoms with E-state index in [1.807, 2.05) is 31.2 Å². The normalized spacial score (nSPS) is 31.4. The topological polar surface area (TPSA) is 53.7 Å². The number of benzene rings is 1. The fraction of sp³-hybridized carbons (Fsp3) is 0.625. The summed E-state index contributed by atoms with van der Waals surface area (Å²) in [4.78, 5) is 0. The van der Waals surface area contributed by atoms with Crippen molar-refractivity contribution in [1.29, 1.82) is 0 Å². The molecule has 2 N–H and O–H groups in total. The van der Waals surface area contributed by atoms with Crippen LogP contribution in [0.4, 0.5) is 0 Å². The van der Waals surface area contributed by atoms with Crippen molar-refractivity contribution in [3.05, 3.63) is 29.8 Å². The van der Waals surface area contributed by atoms with Gasteiger partial charge in [-0.3, -0.25) is 0 Å². The summed E-state index contributed by atoms with van der Waals surface area (Å²) < 4.78 is 17.7. The summed E-state index contributed by atoms with van der Waals surface area (Å²) in [6, 6.07) is 8.02. The summed E-state index contributed by atoms with van der Waals surface area (Å²) in [5, 5.41) is 0. The van der Waals surface area contributed by atoms with Crippen LogP contribution in [-0.4, -0.2) is 31.5 Å². The molecule has 110 valence electrons. The molecule has 0 saturated carbocycles. The fourth-order valence-corrected chi connectivity index (χ4v) is 3.09. The van der Waals surface area contributed by atoms with Crippen LogP contribution >= 0.6 is 0 Å². The monoisotopic (exact) mass is 277 g/mol.